The SMILES string of the molecule is Cc1cc(S(=O)(=O)NC(=O)CC2CC2)cc(C)c1F. The predicted molar refractivity (Wildman–Crippen MR) is 68.5 cm³/mol. The molecule has 0 atom stereocenters. The maximum absolute atomic E-state index is 13.5. The van der Waals surface area contributed by atoms with Crippen molar-refractivity contribution >= 4 is 15.9 Å². The standard InChI is InChI=1S/C13H16FNO3S/c1-8-5-11(6-9(2)13(8)14)19(17,18)15-12(16)7-10-3-4-10/h5-6,10H,3-4,7H2,1-2H3,(H,15,16). The first kappa shape index (κ1) is 14.0. The van der Waals surface area contributed by atoms with Crippen molar-refractivity contribution < 1.29 is 17.6 Å². The van der Waals surface area contributed by atoms with Gasteiger partial charge in [-0.05, 0) is 55.9 Å². The van der Waals surface area contributed by atoms with E-state index in [0.717, 1.165) is 12.8 Å². The Bertz CT molecular complexity index is 598. The van der Waals surface area contributed by atoms with Gasteiger partial charge in [-0.1, -0.05) is 0 Å². The molecule has 1 fully saturated rings. The molecule has 1 N–H and O–H groups in total. The van der Waals surface area contributed by atoms with E-state index in [2.05, 4.69) is 0 Å². The normalized spacial score (nSPS) is 15.3. The highest BCUT2D eigenvalue weighted by Gasteiger charge is 2.27. The third-order valence-corrected chi connectivity index (χ3v) is 4.49. The van der Waals surface area contributed by atoms with Crippen LogP contribution in [0.1, 0.15) is 30.4 Å². The Morgan fingerprint density at radius 2 is 1.84 bits per heavy atom. The van der Waals surface area contributed by atoms with E-state index in [9.17, 15) is 17.6 Å². The topological polar surface area (TPSA) is 63.2 Å². The Hall–Kier alpha value is -1.43. The van der Waals surface area contributed by atoms with Crippen molar-refractivity contribution in [3.05, 3.63) is 29.1 Å². The molecule has 0 heterocycles. The number of hydrogen-bond donors (Lipinski definition) is 1. The first-order chi connectivity index (χ1) is 8.79. The van der Waals surface area contributed by atoms with E-state index < -0.39 is 21.7 Å². The molecular weight excluding hydrogens is 269 g/mol. The smallest absolute Gasteiger partial charge is 0.264 e. The molecule has 4 nitrogen and oxygen atoms in total. The van der Waals surface area contributed by atoms with E-state index in [1.165, 1.54) is 26.0 Å². The van der Waals surface area contributed by atoms with Gasteiger partial charge in [0.05, 0.1) is 4.90 Å². The summed E-state index contributed by atoms with van der Waals surface area (Å²) in [6, 6.07) is 2.46. The molecule has 0 aromatic heterocycles. The van der Waals surface area contributed by atoms with Gasteiger partial charge in [0.15, 0.2) is 0 Å². The molecule has 6 heteroatoms. The summed E-state index contributed by atoms with van der Waals surface area (Å²) in [4.78, 5) is 11.5. The Balaban J connectivity index is 2.21. The van der Waals surface area contributed by atoms with Crippen molar-refractivity contribution in [1.29, 1.82) is 0 Å². The van der Waals surface area contributed by atoms with Crippen LogP contribution in [0.4, 0.5) is 4.39 Å². The largest absolute Gasteiger partial charge is 0.274 e. The van der Waals surface area contributed by atoms with Gasteiger partial charge in [-0.2, -0.15) is 0 Å². The van der Waals surface area contributed by atoms with Gasteiger partial charge in [0.2, 0.25) is 5.91 Å². The zero-order valence-corrected chi connectivity index (χ0v) is 11.7. The highest BCUT2D eigenvalue weighted by atomic mass is 32.2. The highest BCUT2D eigenvalue weighted by molar-refractivity contribution is 7.90. The zero-order valence-electron chi connectivity index (χ0n) is 10.9. The molecule has 0 radical (unpaired) electrons. The van der Waals surface area contributed by atoms with Crippen LogP contribution in [0.3, 0.4) is 0 Å². The Morgan fingerprint density at radius 1 is 1.32 bits per heavy atom. The van der Waals surface area contributed by atoms with Crippen molar-refractivity contribution in [3.8, 4) is 0 Å². The maximum atomic E-state index is 13.5. The van der Waals surface area contributed by atoms with Crippen LogP contribution in [0.2, 0.25) is 0 Å². The van der Waals surface area contributed by atoms with Crippen molar-refractivity contribution in [2.45, 2.75) is 38.0 Å². The third kappa shape index (κ3) is 3.32. The second-order valence-corrected chi connectivity index (χ2v) is 6.73. The van der Waals surface area contributed by atoms with Gasteiger partial charge in [0, 0.05) is 6.42 Å². The molecule has 0 saturated heterocycles. The van der Waals surface area contributed by atoms with Crippen LogP contribution in [-0.2, 0) is 14.8 Å². The maximum Gasteiger partial charge on any atom is 0.264 e. The van der Waals surface area contributed by atoms with Gasteiger partial charge in [-0.15, -0.1) is 0 Å². The molecule has 0 bridgehead atoms. The molecule has 1 aromatic rings. The van der Waals surface area contributed by atoms with Gasteiger partial charge in [0.1, 0.15) is 5.82 Å². The number of halogens is 1. The monoisotopic (exact) mass is 285 g/mol. The second-order valence-electron chi connectivity index (χ2n) is 5.05. The summed E-state index contributed by atoms with van der Waals surface area (Å²) in [6.45, 7) is 2.99. The van der Waals surface area contributed by atoms with Crippen molar-refractivity contribution in [2.75, 3.05) is 0 Å². The number of aryl methyl sites for hydroxylation is 2. The van der Waals surface area contributed by atoms with Gasteiger partial charge < -0.3 is 0 Å². The van der Waals surface area contributed by atoms with Crippen LogP contribution in [0, 0.1) is 25.6 Å². The second kappa shape index (κ2) is 4.92. The zero-order chi connectivity index (χ0) is 14.2. The predicted octanol–water partition coefficient (Wildman–Crippen LogP) is 2.05. The molecular formula is C13H16FNO3S. The first-order valence-electron chi connectivity index (χ1n) is 6.12. The molecule has 0 spiro atoms. The van der Waals surface area contributed by atoms with Crippen molar-refractivity contribution in [3.63, 3.8) is 0 Å². The number of nitrogens with one attached hydrogen (secondary N) is 1. The summed E-state index contributed by atoms with van der Waals surface area (Å²) in [5, 5.41) is 0. The minimum atomic E-state index is -3.91. The fourth-order valence-electron chi connectivity index (χ4n) is 1.90. The lowest BCUT2D eigenvalue weighted by Crippen LogP contribution is -2.30. The lowest BCUT2D eigenvalue weighted by Gasteiger charge is -2.09. The number of rotatable bonds is 4. The molecule has 1 amide bonds. The first-order valence-corrected chi connectivity index (χ1v) is 7.60. The number of amides is 1. The quantitative estimate of drug-likeness (QED) is 0.921. The number of carbonyl (C=O) groups is 1. The van der Waals surface area contributed by atoms with E-state index in [0.29, 0.717) is 5.92 Å². The van der Waals surface area contributed by atoms with E-state index in [1.807, 2.05) is 4.72 Å². The minimum Gasteiger partial charge on any atom is -0.274 e. The Kier molecular flexibility index (Phi) is 3.62. The average molecular weight is 285 g/mol. The molecule has 0 aliphatic heterocycles. The molecule has 0 unspecified atom stereocenters. The molecule has 1 aromatic carbocycles. The van der Waals surface area contributed by atoms with Crippen LogP contribution < -0.4 is 4.72 Å². The van der Waals surface area contributed by atoms with Crippen LogP contribution in [0.25, 0.3) is 0 Å². The lowest BCUT2D eigenvalue weighted by molar-refractivity contribution is -0.119. The van der Waals surface area contributed by atoms with E-state index >= 15 is 0 Å². The van der Waals surface area contributed by atoms with Gasteiger partial charge in [-0.25, -0.2) is 17.5 Å². The van der Waals surface area contributed by atoms with Crippen LogP contribution in [0.5, 0.6) is 0 Å². The fourth-order valence-corrected chi connectivity index (χ4v) is 3.06. The Labute approximate surface area is 112 Å². The molecule has 104 valence electrons. The van der Waals surface area contributed by atoms with Crippen LogP contribution >= 0.6 is 0 Å². The Morgan fingerprint density at radius 3 is 2.32 bits per heavy atom. The molecule has 2 rings (SSSR count). The summed E-state index contributed by atoms with van der Waals surface area (Å²) in [7, 11) is -3.91. The van der Waals surface area contributed by atoms with E-state index in [1.54, 1.807) is 0 Å². The molecule has 1 aliphatic rings. The van der Waals surface area contributed by atoms with Crippen molar-refractivity contribution in [2.24, 2.45) is 5.92 Å². The fraction of sp³-hybridized carbons (Fsp3) is 0.462. The average Bonchev–Trinajstić information content (AvgIpc) is 3.08. The molecule has 19 heavy (non-hydrogen) atoms. The van der Waals surface area contributed by atoms with Gasteiger partial charge in [0.25, 0.3) is 10.0 Å². The van der Waals surface area contributed by atoms with Crippen molar-refractivity contribution in [1.82, 2.24) is 4.72 Å². The molecule has 1 saturated carbocycles. The van der Waals surface area contributed by atoms with E-state index in [4.69, 9.17) is 0 Å². The van der Waals surface area contributed by atoms with Crippen LogP contribution in [-0.4, -0.2) is 14.3 Å². The summed E-state index contributed by atoms with van der Waals surface area (Å²) in [5.41, 5.74) is 0.491. The number of sulfonamides is 1. The highest BCUT2D eigenvalue weighted by Crippen LogP contribution is 2.32. The number of benzene rings is 1. The summed E-state index contributed by atoms with van der Waals surface area (Å²) < 4.78 is 39.5. The summed E-state index contributed by atoms with van der Waals surface area (Å²) >= 11 is 0. The van der Waals surface area contributed by atoms with Gasteiger partial charge >= 0.3 is 0 Å². The third-order valence-electron chi connectivity index (χ3n) is 3.14. The number of carbonyl (C=O) groups excluding carboxylic acids is 1. The molecule has 1 aliphatic carbocycles. The number of hydrogen-bond acceptors (Lipinski definition) is 3. The summed E-state index contributed by atoms with van der Waals surface area (Å²) in [5.74, 6) is -0.614. The summed E-state index contributed by atoms with van der Waals surface area (Å²) in [6.07, 6.45) is 2.18. The lowest BCUT2D eigenvalue weighted by atomic mass is 10.1. The minimum absolute atomic E-state index is 0.0759. The van der Waals surface area contributed by atoms with Crippen LogP contribution in [0.15, 0.2) is 17.0 Å². The van der Waals surface area contributed by atoms with E-state index in [-0.39, 0.29) is 22.4 Å². The van der Waals surface area contributed by atoms with Gasteiger partial charge in [-0.3, -0.25) is 4.79 Å².